The van der Waals surface area contributed by atoms with E-state index in [2.05, 4.69) is 15.1 Å². The van der Waals surface area contributed by atoms with E-state index in [9.17, 15) is 9.59 Å². The van der Waals surface area contributed by atoms with Gasteiger partial charge in [-0.1, -0.05) is 0 Å². The number of nitrogens with two attached hydrogens (primary N) is 2. The summed E-state index contributed by atoms with van der Waals surface area (Å²) in [6, 6.07) is -0.936. The molecule has 0 aromatic carbocycles. The smallest absolute Gasteiger partial charge is 0.320 e. The van der Waals surface area contributed by atoms with Crippen molar-refractivity contribution < 1.29 is 29.9 Å². The minimum atomic E-state index is -1.08. The molecular weight excluding hydrogens is 286 g/mol. The third-order valence-corrected chi connectivity index (χ3v) is 2.30. The highest BCUT2D eigenvalue weighted by Gasteiger charge is 2.10. The number of guanidine groups is 1. The summed E-state index contributed by atoms with van der Waals surface area (Å²) in [4.78, 5) is 29.9. The zero-order valence-electron chi connectivity index (χ0n) is 11.4. The molecule has 0 saturated carbocycles. The highest BCUT2D eigenvalue weighted by atomic mass is 17.1. The molecule has 0 aromatic rings. The van der Waals surface area contributed by atoms with Crippen LogP contribution in [0.5, 0.6) is 0 Å². The van der Waals surface area contributed by atoms with Crippen molar-refractivity contribution >= 4 is 17.8 Å². The SMILES string of the molecule is NC(=NCCCC(N)C(=O)O)NC(=O)CCCON(O)O. The van der Waals surface area contributed by atoms with E-state index in [0.717, 1.165) is 0 Å². The number of rotatable bonds is 10. The predicted molar refractivity (Wildman–Crippen MR) is 70.1 cm³/mol. The Balaban J connectivity index is 3.75. The summed E-state index contributed by atoms with van der Waals surface area (Å²) in [7, 11) is 0. The number of aliphatic carboxylic acids is 1. The van der Waals surface area contributed by atoms with E-state index in [4.69, 9.17) is 27.0 Å². The third kappa shape index (κ3) is 11.7. The molecule has 0 radical (unpaired) electrons. The quantitative estimate of drug-likeness (QED) is 0.120. The van der Waals surface area contributed by atoms with E-state index in [1.807, 2.05) is 0 Å². The summed E-state index contributed by atoms with van der Waals surface area (Å²) in [5.41, 5.74) is 10.8. The van der Waals surface area contributed by atoms with Crippen molar-refractivity contribution in [1.82, 2.24) is 10.7 Å². The van der Waals surface area contributed by atoms with Crippen LogP contribution in [0.25, 0.3) is 0 Å². The number of aliphatic imine (C=N–C) groups is 1. The van der Waals surface area contributed by atoms with Crippen LogP contribution in [0.2, 0.25) is 0 Å². The molecule has 0 aromatic heterocycles. The van der Waals surface area contributed by atoms with Gasteiger partial charge in [0.05, 0.1) is 12.0 Å². The summed E-state index contributed by atoms with van der Waals surface area (Å²) >= 11 is 0. The van der Waals surface area contributed by atoms with Crippen LogP contribution >= 0.6 is 0 Å². The number of amides is 1. The van der Waals surface area contributed by atoms with Gasteiger partial charge >= 0.3 is 5.97 Å². The van der Waals surface area contributed by atoms with Crippen LogP contribution in [-0.2, 0) is 14.4 Å². The van der Waals surface area contributed by atoms with Crippen molar-refractivity contribution in [3.05, 3.63) is 0 Å². The van der Waals surface area contributed by atoms with E-state index in [1.54, 1.807) is 0 Å². The number of nitrogens with one attached hydrogen (secondary N) is 1. The van der Waals surface area contributed by atoms with Gasteiger partial charge in [0, 0.05) is 13.0 Å². The molecule has 0 aliphatic rings. The zero-order chi connectivity index (χ0) is 16.3. The van der Waals surface area contributed by atoms with Crippen molar-refractivity contribution in [2.24, 2.45) is 16.5 Å². The number of hydrogen-bond acceptors (Lipinski definition) is 8. The standard InChI is InChI=1S/C10H21N5O6/c11-7(9(17)18)3-1-5-13-10(12)14-8(16)4-2-6-21-15(19)20/h7,19-20H,1-6,11H2,(H,17,18)(H3,12,13,14,16). The second-order valence-corrected chi connectivity index (χ2v) is 4.09. The van der Waals surface area contributed by atoms with Crippen molar-refractivity contribution in [3.63, 3.8) is 0 Å². The first-order valence-electron chi connectivity index (χ1n) is 6.22. The maximum atomic E-state index is 11.4. The molecule has 122 valence electrons. The molecule has 0 aliphatic heterocycles. The lowest BCUT2D eigenvalue weighted by atomic mass is 10.2. The largest absolute Gasteiger partial charge is 0.480 e. The lowest BCUT2D eigenvalue weighted by Crippen LogP contribution is -2.37. The van der Waals surface area contributed by atoms with Gasteiger partial charge in [-0.2, -0.15) is 0 Å². The van der Waals surface area contributed by atoms with Gasteiger partial charge in [0.2, 0.25) is 5.91 Å². The summed E-state index contributed by atoms with van der Waals surface area (Å²) in [5, 5.41) is 26.9. The summed E-state index contributed by atoms with van der Waals surface area (Å²) in [6.45, 7) is 0.199. The molecule has 0 saturated heterocycles. The number of carboxylic acids is 1. The molecule has 1 unspecified atom stereocenters. The van der Waals surface area contributed by atoms with E-state index < -0.39 is 23.3 Å². The Labute approximate surface area is 121 Å². The first kappa shape index (κ1) is 19.2. The fourth-order valence-corrected chi connectivity index (χ4v) is 1.26. The van der Waals surface area contributed by atoms with Crippen molar-refractivity contribution in [2.75, 3.05) is 13.2 Å². The van der Waals surface area contributed by atoms with E-state index >= 15 is 0 Å². The van der Waals surface area contributed by atoms with Crippen LogP contribution in [0.3, 0.4) is 0 Å². The average Bonchev–Trinajstić information content (AvgIpc) is 2.39. The van der Waals surface area contributed by atoms with Crippen LogP contribution in [0.1, 0.15) is 25.7 Å². The Morgan fingerprint density at radius 3 is 2.57 bits per heavy atom. The van der Waals surface area contributed by atoms with Gasteiger partial charge in [0.1, 0.15) is 6.04 Å². The maximum Gasteiger partial charge on any atom is 0.320 e. The summed E-state index contributed by atoms with van der Waals surface area (Å²) < 4.78 is 0. The Hall–Kier alpha value is -1.79. The van der Waals surface area contributed by atoms with Crippen molar-refractivity contribution in [2.45, 2.75) is 31.7 Å². The monoisotopic (exact) mass is 307 g/mol. The molecule has 8 N–H and O–H groups in total. The van der Waals surface area contributed by atoms with Gasteiger partial charge in [-0.3, -0.25) is 35.2 Å². The number of carboxylic acid groups (broad SMARTS) is 1. The van der Waals surface area contributed by atoms with Crippen LogP contribution < -0.4 is 16.8 Å². The van der Waals surface area contributed by atoms with Crippen molar-refractivity contribution in [1.29, 1.82) is 0 Å². The molecular formula is C10H21N5O6. The Kier molecular flexibility index (Phi) is 10.0. The van der Waals surface area contributed by atoms with Gasteiger partial charge < -0.3 is 16.6 Å². The molecule has 1 atom stereocenters. The fourth-order valence-electron chi connectivity index (χ4n) is 1.26. The lowest BCUT2D eigenvalue weighted by Gasteiger charge is -2.07. The molecule has 0 bridgehead atoms. The molecule has 1 amide bonds. The number of carbonyl (C=O) groups is 2. The molecule has 11 nitrogen and oxygen atoms in total. The van der Waals surface area contributed by atoms with Gasteiger partial charge in [0.25, 0.3) is 0 Å². The molecule has 0 spiro atoms. The lowest BCUT2D eigenvalue weighted by molar-refractivity contribution is -0.492. The highest BCUT2D eigenvalue weighted by molar-refractivity contribution is 5.96. The van der Waals surface area contributed by atoms with Gasteiger partial charge in [-0.05, 0) is 19.3 Å². The third-order valence-electron chi connectivity index (χ3n) is 2.30. The molecule has 11 heteroatoms. The summed E-state index contributed by atoms with van der Waals surface area (Å²) in [5.74, 6) is -1.55. The van der Waals surface area contributed by atoms with Crippen LogP contribution in [0.15, 0.2) is 4.99 Å². The van der Waals surface area contributed by atoms with Gasteiger partial charge in [0.15, 0.2) is 5.96 Å². The first-order valence-corrected chi connectivity index (χ1v) is 6.22. The summed E-state index contributed by atoms with van der Waals surface area (Å²) in [6.07, 6.45) is 1.01. The predicted octanol–water partition coefficient (Wildman–Crippen LogP) is -1.60. The Bertz CT molecular complexity index is 362. The number of carbonyl (C=O) groups excluding carboxylic acids is 1. The van der Waals surface area contributed by atoms with Crippen molar-refractivity contribution in [3.8, 4) is 0 Å². The topological polar surface area (TPSA) is 184 Å². The molecule has 0 heterocycles. The number of nitrogens with zero attached hydrogens (tertiary/aromatic N) is 2. The fraction of sp³-hybridized carbons (Fsp3) is 0.700. The van der Waals surface area contributed by atoms with Crippen LogP contribution in [-0.4, -0.2) is 57.9 Å². The maximum absolute atomic E-state index is 11.4. The van der Waals surface area contributed by atoms with E-state index in [-0.39, 0.29) is 38.4 Å². The molecule has 0 fully saturated rings. The Morgan fingerprint density at radius 1 is 1.33 bits per heavy atom. The minimum Gasteiger partial charge on any atom is -0.480 e. The average molecular weight is 307 g/mol. The minimum absolute atomic E-state index is 0.0510. The second kappa shape index (κ2) is 10.9. The normalized spacial score (nSPS) is 13.2. The second-order valence-electron chi connectivity index (χ2n) is 4.09. The van der Waals surface area contributed by atoms with Crippen LogP contribution in [0.4, 0.5) is 0 Å². The highest BCUT2D eigenvalue weighted by Crippen LogP contribution is 1.95. The zero-order valence-corrected chi connectivity index (χ0v) is 11.4. The van der Waals surface area contributed by atoms with Gasteiger partial charge in [-0.25, -0.2) is 0 Å². The molecule has 21 heavy (non-hydrogen) atoms. The van der Waals surface area contributed by atoms with E-state index in [0.29, 0.717) is 6.42 Å². The molecule has 0 aliphatic carbocycles. The first-order chi connectivity index (χ1) is 9.82. The van der Waals surface area contributed by atoms with Gasteiger partial charge in [-0.15, -0.1) is 0 Å². The molecule has 0 rings (SSSR count). The van der Waals surface area contributed by atoms with Crippen LogP contribution in [0, 0.1) is 0 Å². The Morgan fingerprint density at radius 2 is 2.00 bits per heavy atom. The number of hydrogen-bond donors (Lipinski definition) is 6. The van der Waals surface area contributed by atoms with E-state index in [1.165, 1.54) is 0 Å².